The molecule has 1 aromatic heterocycles. The molecule has 5 aliphatic rings. The Bertz CT molecular complexity index is 1500. The lowest BCUT2D eigenvalue weighted by Crippen LogP contribution is -2.66. The van der Waals surface area contributed by atoms with E-state index in [4.69, 9.17) is 0 Å². The summed E-state index contributed by atoms with van der Waals surface area (Å²) in [6, 6.07) is 9.42. The summed E-state index contributed by atoms with van der Waals surface area (Å²) in [5.74, 6) is -2.07. The summed E-state index contributed by atoms with van der Waals surface area (Å²) in [6.07, 6.45) is -0.499. The van der Waals surface area contributed by atoms with Crippen molar-refractivity contribution in [2.24, 2.45) is 13.0 Å². The van der Waals surface area contributed by atoms with Crippen molar-refractivity contribution in [3.05, 3.63) is 76.4 Å². The number of hydrogen-bond donors (Lipinski definition) is 1. The van der Waals surface area contributed by atoms with Crippen LogP contribution in [0.5, 0.6) is 0 Å². The minimum absolute atomic E-state index is 0.0395. The fourth-order valence-corrected chi connectivity index (χ4v) is 7.16. The van der Waals surface area contributed by atoms with Gasteiger partial charge in [-0.2, -0.15) is 13.2 Å². The maximum atomic E-state index is 14.2. The zero-order valence-corrected chi connectivity index (χ0v) is 21.9. The van der Waals surface area contributed by atoms with Crippen molar-refractivity contribution in [3.8, 4) is 0 Å². The minimum atomic E-state index is -4.62. The second-order valence-corrected chi connectivity index (χ2v) is 12.2. The van der Waals surface area contributed by atoms with Crippen molar-refractivity contribution < 1.29 is 26.7 Å². The summed E-state index contributed by atoms with van der Waals surface area (Å²) in [4.78, 5) is 14.9. The van der Waals surface area contributed by atoms with Crippen LogP contribution in [0.2, 0.25) is 0 Å². The van der Waals surface area contributed by atoms with Crippen LogP contribution in [-0.2, 0) is 38.1 Å². The van der Waals surface area contributed by atoms with Gasteiger partial charge in [-0.25, -0.2) is 8.78 Å². The number of carbonyl (C=O) groups is 1. The monoisotopic (exact) mass is 557 g/mol. The first-order valence-corrected chi connectivity index (χ1v) is 13.5. The molecule has 11 heteroatoms. The number of halogens is 5. The Morgan fingerprint density at radius 3 is 2.45 bits per heavy atom. The molecule has 4 saturated carbocycles. The number of aromatic nitrogens is 3. The molecule has 1 N–H and O–H groups in total. The molecular formula is C29H28F5N5O. The van der Waals surface area contributed by atoms with E-state index in [9.17, 15) is 26.7 Å². The van der Waals surface area contributed by atoms with Gasteiger partial charge in [-0.05, 0) is 66.1 Å². The number of hydrogen-bond acceptors (Lipinski definition) is 4. The normalized spacial score (nSPS) is 25.7. The Balaban J connectivity index is 1.20. The first-order chi connectivity index (χ1) is 18.9. The molecule has 6 nitrogen and oxygen atoms in total. The van der Waals surface area contributed by atoms with Gasteiger partial charge < -0.3 is 14.8 Å². The van der Waals surface area contributed by atoms with E-state index < -0.39 is 29.0 Å². The van der Waals surface area contributed by atoms with E-state index in [-0.39, 0.29) is 49.0 Å². The van der Waals surface area contributed by atoms with Crippen molar-refractivity contribution in [1.82, 2.24) is 20.1 Å². The topological polar surface area (TPSA) is 63.1 Å². The molecule has 2 bridgehead atoms. The number of nitrogens with zero attached hydrogens (tertiary/aromatic N) is 4. The van der Waals surface area contributed by atoms with Gasteiger partial charge in [0, 0.05) is 55.1 Å². The quantitative estimate of drug-likeness (QED) is 0.388. The molecule has 0 radical (unpaired) electrons. The SMILES string of the molecule is Cn1cnnc1CC1(c2cccc(N3Cc4c(cc(CNC56CC(C5)C6)cc4C(F)(F)F)C3=O)c2)CC(F)(F)C1. The van der Waals surface area contributed by atoms with Crippen LogP contribution in [0.4, 0.5) is 27.6 Å². The standard InChI is InChI=1S/C29H28F5N5O/c1-38-16-36-37-24(38)11-26(14-28(30,31)15-26)19-3-2-4-20(7-19)39-13-22-21(25(39)40)5-17(6-23(22)29(32,33)34)12-35-27-8-18(9-27)10-27/h2-7,16,18,35H,8-15H2,1H3. The van der Waals surface area contributed by atoms with E-state index >= 15 is 0 Å². The summed E-state index contributed by atoms with van der Waals surface area (Å²) in [7, 11) is 1.74. The van der Waals surface area contributed by atoms with Crippen LogP contribution in [0.3, 0.4) is 0 Å². The average Bonchev–Trinajstić information content (AvgIpc) is 3.37. The summed E-state index contributed by atoms with van der Waals surface area (Å²) < 4.78 is 72.6. The fraction of sp³-hybridized carbons (Fsp3) is 0.483. The van der Waals surface area contributed by atoms with E-state index in [0.29, 0.717) is 22.6 Å². The van der Waals surface area contributed by atoms with Gasteiger partial charge in [-0.15, -0.1) is 10.2 Å². The van der Waals surface area contributed by atoms with E-state index in [1.54, 1.807) is 41.9 Å². The number of aryl methyl sites for hydroxylation is 1. The predicted molar refractivity (Wildman–Crippen MR) is 136 cm³/mol. The van der Waals surface area contributed by atoms with E-state index in [0.717, 1.165) is 31.2 Å². The average molecular weight is 558 g/mol. The lowest BCUT2D eigenvalue weighted by atomic mass is 9.50. The molecule has 1 amide bonds. The van der Waals surface area contributed by atoms with Gasteiger partial charge in [0.2, 0.25) is 5.92 Å². The Hall–Kier alpha value is -3.34. The second kappa shape index (κ2) is 8.34. The first-order valence-electron chi connectivity index (χ1n) is 13.5. The van der Waals surface area contributed by atoms with Crippen LogP contribution in [0, 0.1) is 5.92 Å². The second-order valence-electron chi connectivity index (χ2n) is 12.2. The number of amides is 1. The van der Waals surface area contributed by atoms with Gasteiger partial charge in [0.1, 0.15) is 12.2 Å². The van der Waals surface area contributed by atoms with Crippen LogP contribution >= 0.6 is 0 Å². The Morgan fingerprint density at radius 2 is 1.85 bits per heavy atom. The molecule has 4 aliphatic carbocycles. The highest BCUT2D eigenvalue weighted by Crippen LogP contribution is 2.57. The van der Waals surface area contributed by atoms with Gasteiger partial charge in [-0.1, -0.05) is 12.1 Å². The molecule has 210 valence electrons. The molecule has 3 aromatic rings. The number of rotatable bonds is 7. The smallest absolute Gasteiger partial charge is 0.321 e. The summed E-state index contributed by atoms with van der Waals surface area (Å²) in [5, 5.41) is 11.3. The fourth-order valence-electron chi connectivity index (χ4n) is 7.16. The zero-order chi connectivity index (χ0) is 28.1. The minimum Gasteiger partial charge on any atom is -0.321 e. The maximum absolute atomic E-state index is 14.2. The van der Waals surface area contributed by atoms with Crippen molar-refractivity contribution in [3.63, 3.8) is 0 Å². The highest BCUT2D eigenvalue weighted by Gasteiger charge is 2.58. The lowest BCUT2D eigenvalue weighted by Gasteiger charge is -2.62. The third-order valence-electron chi connectivity index (χ3n) is 9.38. The van der Waals surface area contributed by atoms with Crippen molar-refractivity contribution >= 4 is 11.6 Å². The zero-order valence-electron chi connectivity index (χ0n) is 21.9. The number of anilines is 1. The molecule has 0 saturated heterocycles. The van der Waals surface area contributed by atoms with Crippen LogP contribution in [0.1, 0.15) is 70.5 Å². The molecule has 8 rings (SSSR count). The molecular weight excluding hydrogens is 529 g/mol. The van der Waals surface area contributed by atoms with Crippen molar-refractivity contribution in [1.29, 1.82) is 0 Å². The molecule has 4 fully saturated rings. The molecule has 0 unspecified atom stereocenters. The van der Waals surface area contributed by atoms with E-state index in [1.165, 1.54) is 11.2 Å². The molecule has 40 heavy (non-hydrogen) atoms. The lowest BCUT2D eigenvalue weighted by molar-refractivity contribution is -0.138. The number of carbonyl (C=O) groups excluding carboxylic acids is 1. The highest BCUT2D eigenvalue weighted by atomic mass is 19.4. The molecule has 1 aliphatic heterocycles. The van der Waals surface area contributed by atoms with Crippen LogP contribution in [0.15, 0.2) is 42.7 Å². The molecule has 0 spiro atoms. The Morgan fingerprint density at radius 1 is 1.10 bits per heavy atom. The number of alkyl halides is 5. The predicted octanol–water partition coefficient (Wildman–Crippen LogP) is 5.55. The van der Waals surface area contributed by atoms with Gasteiger partial charge in [0.05, 0.1) is 12.1 Å². The van der Waals surface area contributed by atoms with Gasteiger partial charge in [0.15, 0.2) is 0 Å². The maximum Gasteiger partial charge on any atom is 0.416 e. The van der Waals surface area contributed by atoms with Crippen LogP contribution in [0.25, 0.3) is 0 Å². The van der Waals surface area contributed by atoms with Crippen molar-refractivity contribution in [2.75, 3.05) is 4.90 Å². The summed E-state index contributed by atoms with van der Waals surface area (Å²) in [6.45, 7) is 0.0306. The third-order valence-corrected chi connectivity index (χ3v) is 9.38. The summed E-state index contributed by atoms with van der Waals surface area (Å²) >= 11 is 0. The van der Waals surface area contributed by atoms with Gasteiger partial charge >= 0.3 is 6.18 Å². The number of nitrogens with one attached hydrogen (secondary N) is 1. The van der Waals surface area contributed by atoms with Crippen LogP contribution < -0.4 is 10.2 Å². The van der Waals surface area contributed by atoms with Gasteiger partial charge in [-0.3, -0.25) is 4.79 Å². The van der Waals surface area contributed by atoms with Gasteiger partial charge in [0.25, 0.3) is 5.91 Å². The molecule has 2 heterocycles. The van der Waals surface area contributed by atoms with Crippen molar-refractivity contribution in [2.45, 2.75) is 74.7 Å². The van der Waals surface area contributed by atoms with Crippen LogP contribution in [-0.4, -0.2) is 32.1 Å². The number of fused-ring (bicyclic) bond motifs is 1. The summed E-state index contributed by atoms with van der Waals surface area (Å²) in [5.41, 5.74) is -0.289. The Kier molecular flexibility index (Phi) is 5.34. The largest absolute Gasteiger partial charge is 0.416 e. The third kappa shape index (κ3) is 4.03. The van der Waals surface area contributed by atoms with E-state index in [1.807, 2.05) is 0 Å². The molecule has 0 atom stereocenters. The van der Waals surface area contributed by atoms with E-state index in [2.05, 4.69) is 15.5 Å². The molecule has 2 aromatic carbocycles. The first kappa shape index (κ1) is 25.6. The number of benzene rings is 2. The highest BCUT2D eigenvalue weighted by molar-refractivity contribution is 6.10. The Labute approximate surface area is 227 Å².